The summed E-state index contributed by atoms with van der Waals surface area (Å²) >= 11 is 0. The van der Waals surface area contributed by atoms with E-state index in [0.29, 0.717) is 30.2 Å². The normalized spacial score (nSPS) is 17.0. The maximum absolute atomic E-state index is 13.2. The number of fused-ring (bicyclic) bond motifs is 3. The highest BCUT2D eigenvalue weighted by molar-refractivity contribution is 7.90. The number of nitrogens with zero attached hydrogens (tertiary/aromatic N) is 5. The van der Waals surface area contributed by atoms with Gasteiger partial charge in [0.1, 0.15) is 0 Å². The second kappa shape index (κ2) is 8.56. The van der Waals surface area contributed by atoms with Crippen molar-refractivity contribution in [3.63, 3.8) is 0 Å². The van der Waals surface area contributed by atoms with E-state index < -0.39 is 9.84 Å². The number of nitrogen functional groups attached to an aromatic ring is 1. The average molecular weight is 489 g/mol. The predicted octanol–water partition coefficient (Wildman–Crippen LogP) is 2.70. The number of rotatable bonds is 4. The molecule has 1 fully saturated rings. The number of morpholine rings is 1. The molecule has 35 heavy (non-hydrogen) atoms. The Labute approximate surface area is 203 Å². The van der Waals surface area contributed by atoms with Gasteiger partial charge in [-0.3, -0.25) is 4.90 Å². The Hall–Kier alpha value is -3.60. The van der Waals surface area contributed by atoms with Crippen LogP contribution in [-0.4, -0.2) is 59.4 Å². The molecular formula is C25H24N6O3S. The van der Waals surface area contributed by atoms with Crippen molar-refractivity contribution < 1.29 is 13.2 Å². The molecule has 1 saturated heterocycles. The topological polar surface area (TPSA) is 116 Å². The highest BCUT2D eigenvalue weighted by Gasteiger charge is 2.34. The Bertz CT molecular complexity index is 1510. The Morgan fingerprint density at radius 3 is 2.54 bits per heavy atom. The zero-order valence-electron chi connectivity index (χ0n) is 19.0. The summed E-state index contributed by atoms with van der Waals surface area (Å²) in [6, 6.07) is 15.1. The van der Waals surface area contributed by atoms with Crippen molar-refractivity contribution in [1.29, 1.82) is 0 Å². The summed E-state index contributed by atoms with van der Waals surface area (Å²) < 4.78 is 33.8. The van der Waals surface area contributed by atoms with Crippen molar-refractivity contribution in [2.24, 2.45) is 0 Å². The maximum atomic E-state index is 13.2. The lowest BCUT2D eigenvalue weighted by molar-refractivity contribution is 0.0335. The van der Waals surface area contributed by atoms with Gasteiger partial charge in [-0.05, 0) is 23.8 Å². The van der Waals surface area contributed by atoms with Crippen LogP contribution in [0.3, 0.4) is 0 Å². The molecule has 0 unspecified atom stereocenters. The number of hydrogen-bond donors (Lipinski definition) is 1. The van der Waals surface area contributed by atoms with Crippen LogP contribution in [0.1, 0.15) is 11.3 Å². The first-order valence-electron chi connectivity index (χ1n) is 11.4. The van der Waals surface area contributed by atoms with Crippen LogP contribution >= 0.6 is 0 Å². The molecule has 9 nitrogen and oxygen atoms in total. The van der Waals surface area contributed by atoms with Crippen LogP contribution in [0.2, 0.25) is 0 Å². The molecule has 4 heterocycles. The van der Waals surface area contributed by atoms with E-state index >= 15 is 0 Å². The number of nitrogens with two attached hydrogens (primary N) is 1. The van der Waals surface area contributed by atoms with Crippen molar-refractivity contribution in [1.82, 2.24) is 24.6 Å². The van der Waals surface area contributed by atoms with Gasteiger partial charge in [0.2, 0.25) is 5.95 Å². The highest BCUT2D eigenvalue weighted by Crippen LogP contribution is 2.41. The fourth-order valence-corrected chi connectivity index (χ4v) is 6.34. The van der Waals surface area contributed by atoms with Gasteiger partial charge in [-0.25, -0.2) is 23.1 Å². The fraction of sp³-hybridized carbons (Fsp3) is 0.240. The molecule has 0 radical (unpaired) electrons. The third-order valence-electron chi connectivity index (χ3n) is 6.45. The second-order valence-electron chi connectivity index (χ2n) is 8.71. The molecule has 0 amide bonds. The van der Waals surface area contributed by atoms with Gasteiger partial charge in [-0.15, -0.1) is 0 Å². The molecule has 2 aliphatic rings. The van der Waals surface area contributed by atoms with Gasteiger partial charge in [0.15, 0.2) is 9.84 Å². The van der Waals surface area contributed by atoms with Crippen LogP contribution in [0.25, 0.3) is 28.1 Å². The molecule has 178 valence electrons. The first-order chi connectivity index (χ1) is 17.0. The number of ether oxygens (including phenoxy) is 1. The first-order valence-corrected chi connectivity index (χ1v) is 13.1. The average Bonchev–Trinajstić information content (AvgIpc) is 3.22. The van der Waals surface area contributed by atoms with Crippen LogP contribution < -0.4 is 5.73 Å². The van der Waals surface area contributed by atoms with Crippen LogP contribution in [0.4, 0.5) is 5.95 Å². The molecule has 4 aromatic rings. The van der Waals surface area contributed by atoms with Crippen molar-refractivity contribution in [2.45, 2.75) is 17.2 Å². The minimum Gasteiger partial charge on any atom is -0.379 e. The summed E-state index contributed by atoms with van der Waals surface area (Å²) in [5.41, 5.74) is 11.3. The van der Waals surface area contributed by atoms with Crippen molar-refractivity contribution >= 4 is 15.8 Å². The van der Waals surface area contributed by atoms with Crippen LogP contribution in [-0.2, 0) is 26.9 Å². The summed E-state index contributed by atoms with van der Waals surface area (Å²) in [7, 11) is -3.47. The summed E-state index contributed by atoms with van der Waals surface area (Å²) in [6.07, 6.45) is 3.37. The van der Waals surface area contributed by atoms with Gasteiger partial charge in [0.05, 0.1) is 40.9 Å². The molecule has 2 aromatic heterocycles. The molecule has 0 atom stereocenters. The van der Waals surface area contributed by atoms with Gasteiger partial charge >= 0.3 is 0 Å². The molecule has 2 aliphatic heterocycles. The summed E-state index contributed by atoms with van der Waals surface area (Å²) in [5.74, 6) is 0.154. The van der Waals surface area contributed by atoms with E-state index in [1.807, 2.05) is 41.1 Å². The Kier molecular flexibility index (Phi) is 5.36. The Morgan fingerprint density at radius 1 is 0.971 bits per heavy atom. The Morgan fingerprint density at radius 2 is 1.74 bits per heavy atom. The monoisotopic (exact) mass is 488 g/mol. The summed E-state index contributed by atoms with van der Waals surface area (Å²) in [5, 5.41) is 4.99. The second-order valence-corrected chi connectivity index (χ2v) is 10.7. The third-order valence-corrected chi connectivity index (χ3v) is 8.15. The number of anilines is 1. The molecule has 0 bridgehead atoms. The summed E-state index contributed by atoms with van der Waals surface area (Å²) in [4.78, 5) is 10.8. The van der Waals surface area contributed by atoms with E-state index in [9.17, 15) is 8.42 Å². The standard InChI is InChI=1S/C25H24N6O3S/c26-25-27-13-18(14-28-25)17-4-3-5-19(12-17)31-24-20-6-1-2-7-23(20)35(32,33)16-21(24)22(29-31)15-30-8-10-34-11-9-30/h1-7,12-14H,8-11,15-16H2,(H2,26,27,28). The lowest BCUT2D eigenvalue weighted by atomic mass is 10.0. The van der Waals surface area contributed by atoms with Gasteiger partial charge in [0.25, 0.3) is 0 Å². The molecule has 0 saturated carbocycles. The summed E-state index contributed by atoms with van der Waals surface area (Å²) in [6.45, 7) is 3.47. The number of benzene rings is 2. The smallest absolute Gasteiger partial charge is 0.219 e. The van der Waals surface area contributed by atoms with E-state index in [2.05, 4.69) is 14.9 Å². The number of aromatic nitrogens is 4. The lowest BCUT2D eigenvalue weighted by Crippen LogP contribution is -2.36. The van der Waals surface area contributed by atoms with Gasteiger partial charge in [-0.2, -0.15) is 5.10 Å². The van der Waals surface area contributed by atoms with E-state index in [0.717, 1.165) is 46.9 Å². The Balaban J connectivity index is 1.52. The first kappa shape index (κ1) is 21.9. The predicted molar refractivity (Wildman–Crippen MR) is 131 cm³/mol. The molecule has 2 N–H and O–H groups in total. The zero-order chi connectivity index (χ0) is 24.0. The van der Waals surface area contributed by atoms with Crippen molar-refractivity contribution in [3.8, 4) is 28.1 Å². The molecule has 6 rings (SSSR count). The van der Waals surface area contributed by atoms with Crippen LogP contribution in [0, 0.1) is 0 Å². The number of hydrogen-bond acceptors (Lipinski definition) is 8. The molecule has 0 spiro atoms. The highest BCUT2D eigenvalue weighted by atomic mass is 32.2. The zero-order valence-corrected chi connectivity index (χ0v) is 19.8. The van der Waals surface area contributed by atoms with E-state index in [-0.39, 0.29) is 11.7 Å². The van der Waals surface area contributed by atoms with Crippen LogP contribution in [0.5, 0.6) is 0 Å². The molecule has 2 aromatic carbocycles. The fourth-order valence-electron chi connectivity index (χ4n) is 4.71. The number of sulfone groups is 1. The van der Waals surface area contributed by atoms with E-state index in [4.69, 9.17) is 15.6 Å². The van der Waals surface area contributed by atoms with Crippen LogP contribution in [0.15, 0.2) is 65.8 Å². The van der Waals surface area contributed by atoms with Crippen molar-refractivity contribution in [2.75, 3.05) is 32.0 Å². The minimum atomic E-state index is -3.47. The molecule has 10 heteroatoms. The van der Waals surface area contributed by atoms with Gasteiger partial charge < -0.3 is 10.5 Å². The lowest BCUT2D eigenvalue weighted by Gasteiger charge is -2.26. The third kappa shape index (κ3) is 3.99. The molecular weight excluding hydrogens is 464 g/mol. The SMILES string of the molecule is Nc1ncc(-c2cccc(-n3nc(CN4CCOCC4)c4c3-c3ccccc3S(=O)(=O)C4)c2)cn1. The van der Waals surface area contributed by atoms with E-state index in [1.54, 1.807) is 24.5 Å². The molecule has 0 aliphatic carbocycles. The van der Waals surface area contributed by atoms with Gasteiger partial charge in [0, 0.05) is 48.7 Å². The minimum absolute atomic E-state index is 0.0650. The quantitative estimate of drug-likeness (QED) is 0.466. The van der Waals surface area contributed by atoms with Gasteiger partial charge in [-0.1, -0.05) is 30.3 Å². The largest absolute Gasteiger partial charge is 0.379 e. The van der Waals surface area contributed by atoms with E-state index in [1.165, 1.54) is 0 Å². The van der Waals surface area contributed by atoms with Crippen molar-refractivity contribution in [3.05, 3.63) is 72.2 Å². The maximum Gasteiger partial charge on any atom is 0.219 e.